The molecule has 15 heavy (non-hydrogen) atoms. The van der Waals surface area contributed by atoms with Gasteiger partial charge in [-0.2, -0.15) is 0 Å². The molecule has 0 N–H and O–H groups in total. The van der Waals surface area contributed by atoms with Gasteiger partial charge in [-0.25, -0.2) is 0 Å². The first-order chi connectivity index (χ1) is 7.38. The van der Waals surface area contributed by atoms with Crippen LogP contribution in [-0.2, 0) is 0 Å². The molecule has 3 rings (SSSR count). The predicted octanol–water partition coefficient (Wildman–Crippen LogP) is 3.58. The van der Waals surface area contributed by atoms with Crippen molar-refractivity contribution in [3.8, 4) is 0 Å². The van der Waals surface area contributed by atoms with Crippen LogP contribution in [-0.4, -0.2) is 10.9 Å². The van der Waals surface area contributed by atoms with Crippen molar-refractivity contribution in [2.24, 2.45) is 5.92 Å². The Kier molecular flexibility index (Phi) is 2.14. The number of rotatable bonds is 2. The quantitative estimate of drug-likeness (QED) is 0.701. The highest BCUT2D eigenvalue weighted by molar-refractivity contribution is 6.18. The normalized spacial score (nSPS) is 24.3. The molecule has 2 unspecified atom stereocenters. The highest BCUT2D eigenvalue weighted by Crippen LogP contribution is 2.48. The zero-order valence-electron chi connectivity index (χ0n) is 8.36. The average molecular weight is 218 g/mol. The van der Waals surface area contributed by atoms with Crippen LogP contribution in [0.25, 0.3) is 10.9 Å². The van der Waals surface area contributed by atoms with Gasteiger partial charge in [-0.05, 0) is 42.0 Å². The van der Waals surface area contributed by atoms with E-state index < -0.39 is 0 Å². The topological polar surface area (TPSA) is 12.9 Å². The van der Waals surface area contributed by atoms with E-state index in [0.29, 0.717) is 11.8 Å². The zero-order valence-corrected chi connectivity index (χ0v) is 9.11. The summed E-state index contributed by atoms with van der Waals surface area (Å²) in [6.07, 6.45) is 3.08. The van der Waals surface area contributed by atoms with Crippen LogP contribution in [0.5, 0.6) is 0 Å². The van der Waals surface area contributed by atoms with Crippen molar-refractivity contribution in [2.45, 2.75) is 12.3 Å². The molecule has 0 radical (unpaired) electrons. The predicted molar refractivity (Wildman–Crippen MR) is 63.3 cm³/mol. The number of aromatic nitrogens is 1. The lowest BCUT2D eigenvalue weighted by atomic mass is 10.1. The molecule has 2 heteroatoms. The SMILES string of the molecule is ClCC1CC1c1ccc2ncccc2c1. The third-order valence-electron chi connectivity index (χ3n) is 3.18. The summed E-state index contributed by atoms with van der Waals surface area (Å²) < 4.78 is 0. The summed E-state index contributed by atoms with van der Waals surface area (Å²) in [5.74, 6) is 2.17. The van der Waals surface area contributed by atoms with Crippen molar-refractivity contribution < 1.29 is 0 Å². The van der Waals surface area contributed by atoms with Crippen LogP contribution in [0.15, 0.2) is 36.5 Å². The lowest BCUT2D eigenvalue weighted by Crippen LogP contribution is -1.86. The fourth-order valence-corrected chi connectivity index (χ4v) is 2.49. The van der Waals surface area contributed by atoms with E-state index in [4.69, 9.17) is 11.6 Å². The number of hydrogen-bond acceptors (Lipinski definition) is 1. The van der Waals surface area contributed by atoms with E-state index in [-0.39, 0.29) is 0 Å². The van der Waals surface area contributed by atoms with E-state index in [1.807, 2.05) is 12.3 Å². The zero-order chi connectivity index (χ0) is 10.3. The van der Waals surface area contributed by atoms with Crippen LogP contribution < -0.4 is 0 Å². The molecular formula is C13H12ClN. The number of halogens is 1. The van der Waals surface area contributed by atoms with E-state index in [1.165, 1.54) is 17.4 Å². The number of benzene rings is 1. The fourth-order valence-electron chi connectivity index (χ4n) is 2.15. The molecule has 2 atom stereocenters. The number of fused-ring (bicyclic) bond motifs is 1. The van der Waals surface area contributed by atoms with Gasteiger partial charge in [0.1, 0.15) is 0 Å². The van der Waals surface area contributed by atoms with Crippen LogP contribution in [0, 0.1) is 5.92 Å². The standard InChI is InChI=1S/C13H12ClN/c14-8-11-7-12(11)9-3-4-13-10(6-9)2-1-5-15-13/h1-6,11-12H,7-8H2. The monoisotopic (exact) mass is 217 g/mol. The van der Waals surface area contributed by atoms with Crippen molar-refractivity contribution >= 4 is 22.5 Å². The number of alkyl halides is 1. The number of hydrogen-bond donors (Lipinski definition) is 0. The average Bonchev–Trinajstić information content (AvgIpc) is 3.08. The van der Waals surface area contributed by atoms with E-state index in [0.717, 1.165) is 11.4 Å². The van der Waals surface area contributed by atoms with Gasteiger partial charge in [0.25, 0.3) is 0 Å². The molecule has 1 aliphatic rings. The summed E-state index contributed by atoms with van der Waals surface area (Å²) in [4.78, 5) is 4.32. The minimum absolute atomic E-state index is 0.687. The molecule has 1 heterocycles. The maximum absolute atomic E-state index is 5.85. The van der Waals surface area contributed by atoms with Crippen LogP contribution >= 0.6 is 11.6 Å². The third kappa shape index (κ3) is 1.61. The summed E-state index contributed by atoms with van der Waals surface area (Å²) in [5.41, 5.74) is 2.49. The molecule has 1 nitrogen and oxygen atoms in total. The summed E-state index contributed by atoms with van der Waals surface area (Å²) >= 11 is 5.85. The van der Waals surface area contributed by atoms with Gasteiger partial charge in [-0.15, -0.1) is 11.6 Å². The smallest absolute Gasteiger partial charge is 0.0702 e. The lowest BCUT2D eigenvalue weighted by Gasteiger charge is -2.01. The molecule has 0 amide bonds. The van der Waals surface area contributed by atoms with Gasteiger partial charge >= 0.3 is 0 Å². The Morgan fingerprint density at radius 1 is 1.33 bits per heavy atom. The van der Waals surface area contributed by atoms with Crippen LogP contribution in [0.3, 0.4) is 0 Å². The molecule has 2 aromatic rings. The Hall–Kier alpha value is -1.08. The Bertz CT molecular complexity index is 495. The van der Waals surface area contributed by atoms with E-state index in [1.54, 1.807) is 0 Å². The highest BCUT2D eigenvalue weighted by Gasteiger charge is 2.37. The van der Waals surface area contributed by atoms with Gasteiger partial charge < -0.3 is 0 Å². The summed E-state index contributed by atoms with van der Waals surface area (Å²) in [6.45, 7) is 0. The van der Waals surface area contributed by atoms with E-state index in [2.05, 4.69) is 29.2 Å². The second kappa shape index (κ2) is 3.49. The lowest BCUT2D eigenvalue weighted by molar-refractivity contribution is 0.924. The van der Waals surface area contributed by atoms with E-state index in [9.17, 15) is 0 Å². The molecule has 0 saturated heterocycles. The van der Waals surface area contributed by atoms with Crippen LogP contribution in [0.1, 0.15) is 17.9 Å². The third-order valence-corrected chi connectivity index (χ3v) is 3.57. The fraction of sp³-hybridized carbons (Fsp3) is 0.308. The second-order valence-corrected chi connectivity index (χ2v) is 4.52. The maximum Gasteiger partial charge on any atom is 0.0702 e. The Labute approximate surface area is 94.1 Å². The molecule has 0 bridgehead atoms. The van der Waals surface area contributed by atoms with Gasteiger partial charge in [-0.3, -0.25) is 4.98 Å². The maximum atomic E-state index is 5.85. The minimum Gasteiger partial charge on any atom is -0.256 e. The van der Waals surface area contributed by atoms with Gasteiger partial charge in [0.05, 0.1) is 5.52 Å². The Morgan fingerprint density at radius 2 is 2.27 bits per heavy atom. The molecule has 1 aromatic carbocycles. The highest BCUT2D eigenvalue weighted by atomic mass is 35.5. The molecule has 76 valence electrons. The summed E-state index contributed by atoms with van der Waals surface area (Å²) in [7, 11) is 0. The molecule has 1 saturated carbocycles. The van der Waals surface area contributed by atoms with Crippen molar-refractivity contribution in [3.63, 3.8) is 0 Å². The largest absolute Gasteiger partial charge is 0.256 e. The summed E-state index contributed by atoms with van der Waals surface area (Å²) in [5, 5.41) is 1.23. The molecule has 0 aliphatic heterocycles. The van der Waals surface area contributed by atoms with Gasteiger partial charge in [0.15, 0.2) is 0 Å². The first-order valence-electron chi connectivity index (χ1n) is 5.29. The van der Waals surface area contributed by atoms with Gasteiger partial charge in [0.2, 0.25) is 0 Å². The molecule has 1 aromatic heterocycles. The second-order valence-electron chi connectivity index (χ2n) is 4.21. The minimum atomic E-state index is 0.687. The van der Waals surface area contributed by atoms with Gasteiger partial charge in [0, 0.05) is 17.5 Å². The number of nitrogens with zero attached hydrogens (tertiary/aromatic N) is 1. The molecule has 1 fully saturated rings. The Morgan fingerprint density at radius 3 is 3.07 bits per heavy atom. The van der Waals surface area contributed by atoms with Crippen molar-refractivity contribution in [1.82, 2.24) is 4.98 Å². The molecule has 0 spiro atoms. The first-order valence-corrected chi connectivity index (χ1v) is 5.82. The summed E-state index contributed by atoms with van der Waals surface area (Å²) in [6, 6.07) is 10.6. The van der Waals surface area contributed by atoms with Crippen molar-refractivity contribution in [1.29, 1.82) is 0 Å². The van der Waals surface area contributed by atoms with Crippen LogP contribution in [0.4, 0.5) is 0 Å². The molecular weight excluding hydrogens is 206 g/mol. The molecule has 1 aliphatic carbocycles. The Balaban J connectivity index is 2.00. The van der Waals surface area contributed by atoms with Crippen LogP contribution in [0.2, 0.25) is 0 Å². The van der Waals surface area contributed by atoms with Crippen molar-refractivity contribution in [2.75, 3.05) is 5.88 Å². The van der Waals surface area contributed by atoms with E-state index >= 15 is 0 Å². The number of pyridine rings is 1. The van der Waals surface area contributed by atoms with Crippen molar-refractivity contribution in [3.05, 3.63) is 42.1 Å². The van der Waals surface area contributed by atoms with Gasteiger partial charge in [-0.1, -0.05) is 12.1 Å². The first kappa shape index (κ1) is 9.17.